The largest absolute Gasteiger partial charge is 0.466 e. The van der Waals surface area contributed by atoms with E-state index in [1.54, 1.807) is 32.0 Å². The van der Waals surface area contributed by atoms with Crippen LogP contribution >= 0.6 is 0 Å². The number of aromatic nitrogens is 3. The Labute approximate surface area is 145 Å². The lowest BCUT2D eigenvalue weighted by atomic mass is 10.1. The highest BCUT2D eigenvalue weighted by atomic mass is 16.5. The van der Waals surface area contributed by atoms with E-state index in [1.807, 2.05) is 12.1 Å². The molecular weight excluding hydrogens is 318 g/mol. The van der Waals surface area contributed by atoms with Gasteiger partial charge in [-0.2, -0.15) is 0 Å². The Bertz CT molecular complexity index is 922. The van der Waals surface area contributed by atoms with Crippen LogP contribution in [0.3, 0.4) is 0 Å². The number of aryl methyl sites for hydroxylation is 3. The summed E-state index contributed by atoms with van der Waals surface area (Å²) >= 11 is 0. The molecule has 0 fully saturated rings. The molecule has 0 saturated carbocycles. The van der Waals surface area contributed by atoms with Gasteiger partial charge in [-0.15, -0.1) is 10.2 Å². The van der Waals surface area contributed by atoms with Gasteiger partial charge in [-0.05, 0) is 57.0 Å². The molecule has 0 atom stereocenters. The number of hydrogen-bond donors (Lipinski definition) is 0. The molecule has 0 aliphatic carbocycles. The zero-order valence-corrected chi connectivity index (χ0v) is 14.3. The van der Waals surface area contributed by atoms with E-state index in [4.69, 9.17) is 9.15 Å². The monoisotopic (exact) mass is 337 g/mol. The van der Waals surface area contributed by atoms with Crippen LogP contribution in [0.25, 0.3) is 11.4 Å². The van der Waals surface area contributed by atoms with Crippen molar-refractivity contribution >= 4 is 5.97 Å². The highest BCUT2D eigenvalue weighted by Crippen LogP contribution is 2.25. The molecule has 0 bridgehead atoms. The summed E-state index contributed by atoms with van der Waals surface area (Å²) in [6, 6.07) is 9.05. The molecule has 0 radical (unpaired) electrons. The van der Waals surface area contributed by atoms with Crippen molar-refractivity contribution in [1.29, 1.82) is 0 Å². The van der Waals surface area contributed by atoms with Gasteiger partial charge < -0.3 is 13.7 Å². The topological polar surface area (TPSA) is 70.2 Å². The van der Waals surface area contributed by atoms with Gasteiger partial charge in [0.15, 0.2) is 5.82 Å². The van der Waals surface area contributed by atoms with Crippen LogP contribution in [-0.2, 0) is 13.0 Å². The van der Waals surface area contributed by atoms with Gasteiger partial charge in [0.2, 0.25) is 0 Å². The fourth-order valence-corrected chi connectivity index (χ4v) is 3.19. The minimum atomic E-state index is -0.415. The van der Waals surface area contributed by atoms with Crippen molar-refractivity contribution in [2.45, 2.75) is 39.7 Å². The minimum Gasteiger partial charge on any atom is -0.466 e. The molecule has 2 aromatic heterocycles. The first-order valence-electron chi connectivity index (χ1n) is 8.43. The summed E-state index contributed by atoms with van der Waals surface area (Å²) in [6.45, 7) is 4.51. The van der Waals surface area contributed by atoms with Gasteiger partial charge >= 0.3 is 5.97 Å². The molecule has 1 aliphatic heterocycles. The number of fused-ring (bicyclic) bond motifs is 1. The van der Waals surface area contributed by atoms with E-state index in [-0.39, 0.29) is 0 Å². The lowest BCUT2D eigenvalue weighted by Crippen LogP contribution is -2.11. The molecule has 25 heavy (non-hydrogen) atoms. The first-order valence-corrected chi connectivity index (χ1v) is 8.43. The molecule has 0 amide bonds. The van der Waals surface area contributed by atoms with E-state index < -0.39 is 5.97 Å². The number of rotatable bonds is 3. The van der Waals surface area contributed by atoms with Crippen molar-refractivity contribution < 1.29 is 13.9 Å². The second-order valence-corrected chi connectivity index (χ2v) is 6.29. The van der Waals surface area contributed by atoms with Crippen LogP contribution < -0.4 is 4.74 Å². The van der Waals surface area contributed by atoms with Crippen molar-refractivity contribution in [1.82, 2.24) is 14.8 Å². The van der Waals surface area contributed by atoms with Gasteiger partial charge in [0.25, 0.3) is 0 Å². The first-order chi connectivity index (χ1) is 12.1. The van der Waals surface area contributed by atoms with Crippen molar-refractivity contribution in [3.8, 4) is 17.1 Å². The second kappa shape index (κ2) is 6.20. The number of benzene rings is 1. The predicted molar refractivity (Wildman–Crippen MR) is 91.5 cm³/mol. The van der Waals surface area contributed by atoms with Crippen LogP contribution in [0.15, 0.2) is 34.7 Å². The molecule has 3 aromatic rings. The number of furan rings is 1. The number of carbonyl (C=O) groups excluding carboxylic acids is 1. The standard InChI is InChI=1S/C19H19N3O3/c1-12-11-16(13(2)24-12)19(23)25-15-8-6-14(7-9-15)18-21-20-17-5-3-4-10-22(17)18/h6-9,11H,3-5,10H2,1-2H3. The van der Waals surface area contributed by atoms with Gasteiger partial charge in [0, 0.05) is 18.5 Å². The average Bonchev–Trinajstić information content (AvgIpc) is 3.18. The quantitative estimate of drug-likeness (QED) is 0.538. The number of carbonyl (C=O) groups is 1. The molecule has 4 rings (SSSR count). The summed E-state index contributed by atoms with van der Waals surface area (Å²) in [5.41, 5.74) is 1.42. The van der Waals surface area contributed by atoms with E-state index in [0.717, 1.165) is 36.6 Å². The Morgan fingerprint density at radius 1 is 1.16 bits per heavy atom. The fourth-order valence-electron chi connectivity index (χ4n) is 3.19. The zero-order chi connectivity index (χ0) is 17.4. The maximum atomic E-state index is 12.2. The third-order valence-electron chi connectivity index (χ3n) is 4.44. The van der Waals surface area contributed by atoms with E-state index >= 15 is 0 Å². The minimum absolute atomic E-state index is 0.415. The fraction of sp³-hybridized carbons (Fsp3) is 0.316. The summed E-state index contributed by atoms with van der Waals surface area (Å²) in [4.78, 5) is 12.2. The summed E-state index contributed by atoms with van der Waals surface area (Å²) < 4.78 is 13.0. The zero-order valence-electron chi connectivity index (χ0n) is 14.3. The maximum Gasteiger partial charge on any atom is 0.347 e. The Kier molecular flexibility index (Phi) is 3.87. The van der Waals surface area contributed by atoms with Gasteiger partial charge in [-0.25, -0.2) is 4.79 Å². The summed E-state index contributed by atoms with van der Waals surface area (Å²) in [6.07, 6.45) is 3.29. The Morgan fingerprint density at radius 2 is 1.96 bits per heavy atom. The van der Waals surface area contributed by atoms with E-state index in [2.05, 4.69) is 14.8 Å². The van der Waals surface area contributed by atoms with Crippen LogP contribution in [0.1, 0.15) is 40.5 Å². The smallest absolute Gasteiger partial charge is 0.347 e. The van der Waals surface area contributed by atoms with E-state index in [0.29, 0.717) is 22.8 Å². The molecule has 3 heterocycles. The molecule has 1 aromatic carbocycles. The Morgan fingerprint density at radius 3 is 2.68 bits per heavy atom. The number of hydrogen-bond acceptors (Lipinski definition) is 5. The number of nitrogens with zero attached hydrogens (tertiary/aromatic N) is 3. The van der Waals surface area contributed by atoms with Gasteiger partial charge in [-0.3, -0.25) is 0 Å². The van der Waals surface area contributed by atoms with Crippen molar-refractivity contribution in [3.63, 3.8) is 0 Å². The van der Waals surface area contributed by atoms with Crippen molar-refractivity contribution in [2.24, 2.45) is 0 Å². The molecule has 128 valence electrons. The molecule has 6 heteroatoms. The van der Waals surface area contributed by atoms with Crippen LogP contribution in [-0.4, -0.2) is 20.7 Å². The highest BCUT2D eigenvalue weighted by Gasteiger charge is 2.18. The van der Waals surface area contributed by atoms with Crippen LogP contribution in [0.5, 0.6) is 5.75 Å². The molecular formula is C19H19N3O3. The molecule has 0 unspecified atom stereocenters. The lowest BCUT2D eigenvalue weighted by Gasteiger charge is -2.14. The third kappa shape index (κ3) is 2.95. The third-order valence-corrected chi connectivity index (χ3v) is 4.44. The SMILES string of the molecule is Cc1cc(C(=O)Oc2ccc(-c3nnc4n3CCCC4)cc2)c(C)o1. The maximum absolute atomic E-state index is 12.2. The average molecular weight is 337 g/mol. The normalized spacial score (nSPS) is 13.5. The van der Waals surface area contributed by atoms with Gasteiger partial charge in [-0.1, -0.05) is 0 Å². The molecule has 0 spiro atoms. The molecule has 6 nitrogen and oxygen atoms in total. The predicted octanol–water partition coefficient (Wildman–Crippen LogP) is 3.71. The highest BCUT2D eigenvalue weighted by molar-refractivity contribution is 5.92. The summed E-state index contributed by atoms with van der Waals surface area (Å²) in [5.74, 6) is 3.24. The van der Waals surface area contributed by atoms with E-state index in [9.17, 15) is 4.79 Å². The summed E-state index contributed by atoms with van der Waals surface area (Å²) in [7, 11) is 0. The van der Waals surface area contributed by atoms with Crippen LogP contribution in [0.2, 0.25) is 0 Å². The van der Waals surface area contributed by atoms with Crippen molar-refractivity contribution in [3.05, 3.63) is 53.2 Å². The Hall–Kier alpha value is -2.89. The molecule has 0 N–H and O–H groups in total. The molecule has 1 aliphatic rings. The Balaban J connectivity index is 1.53. The van der Waals surface area contributed by atoms with Crippen molar-refractivity contribution in [2.75, 3.05) is 0 Å². The van der Waals surface area contributed by atoms with Gasteiger partial charge in [0.05, 0.1) is 0 Å². The van der Waals surface area contributed by atoms with Crippen LogP contribution in [0, 0.1) is 13.8 Å². The van der Waals surface area contributed by atoms with Crippen LogP contribution in [0.4, 0.5) is 0 Å². The first kappa shape index (κ1) is 15.6. The lowest BCUT2D eigenvalue weighted by molar-refractivity contribution is 0.0733. The number of ether oxygens (including phenoxy) is 1. The second-order valence-electron chi connectivity index (χ2n) is 6.29. The van der Waals surface area contributed by atoms with E-state index in [1.165, 1.54) is 6.42 Å². The molecule has 0 saturated heterocycles. The number of esters is 1. The summed E-state index contributed by atoms with van der Waals surface area (Å²) in [5, 5.41) is 8.59. The van der Waals surface area contributed by atoms with Gasteiger partial charge in [0.1, 0.15) is 28.7 Å².